The third-order valence-corrected chi connectivity index (χ3v) is 6.16. The number of piperidine rings is 1. The molecule has 0 atom stereocenters. The van der Waals surface area contributed by atoms with Gasteiger partial charge in [0.2, 0.25) is 5.92 Å². The summed E-state index contributed by atoms with van der Waals surface area (Å²) in [7, 11) is 0. The molecule has 2 N–H and O–H groups in total. The van der Waals surface area contributed by atoms with Gasteiger partial charge in [0.25, 0.3) is 0 Å². The molecule has 3 heterocycles. The number of halogens is 2. The van der Waals surface area contributed by atoms with Crippen LogP contribution in [0.2, 0.25) is 0 Å². The van der Waals surface area contributed by atoms with Gasteiger partial charge < -0.3 is 10.6 Å². The van der Waals surface area contributed by atoms with E-state index >= 15 is 0 Å². The van der Waals surface area contributed by atoms with Crippen LogP contribution in [0.25, 0.3) is 22.2 Å². The molecule has 9 heteroatoms. The van der Waals surface area contributed by atoms with Crippen molar-refractivity contribution in [3.8, 4) is 11.3 Å². The minimum absolute atomic E-state index is 0.0172. The number of fused-ring (bicyclic) bond motifs is 1. The molecule has 0 unspecified atom stereocenters. The molecule has 7 nitrogen and oxygen atoms in total. The number of alkyl halides is 2. The number of ketones is 1. The van der Waals surface area contributed by atoms with Crippen molar-refractivity contribution in [3.63, 3.8) is 0 Å². The molecule has 2 aliphatic rings. The molecule has 0 bridgehead atoms. The maximum atomic E-state index is 13.1. The number of benzene rings is 1. The van der Waals surface area contributed by atoms with E-state index in [4.69, 9.17) is 4.98 Å². The number of hydrogen-bond donors (Lipinski definition) is 2. The van der Waals surface area contributed by atoms with E-state index in [1.807, 2.05) is 18.2 Å². The monoisotopic (exact) mass is 438 g/mol. The fourth-order valence-electron chi connectivity index (χ4n) is 4.30. The third kappa shape index (κ3) is 4.57. The van der Waals surface area contributed by atoms with E-state index in [9.17, 15) is 13.6 Å². The Bertz CT molecular complexity index is 1140. The Morgan fingerprint density at radius 1 is 1.12 bits per heavy atom. The first-order chi connectivity index (χ1) is 15.4. The summed E-state index contributed by atoms with van der Waals surface area (Å²) in [4.78, 5) is 21.3. The van der Waals surface area contributed by atoms with Gasteiger partial charge in [0.1, 0.15) is 11.6 Å². The van der Waals surface area contributed by atoms with Gasteiger partial charge in [-0.15, -0.1) is 0 Å². The highest BCUT2D eigenvalue weighted by molar-refractivity contribution is 5.87. The van der Waals surface area contributed by atoms with Crippen molar-refractivity contribution >= 4 is 22.5 Å². The minimum Gasteiger partial charge on any atom is -0.366 e. The Balaban J connectivity index is 1.33. The number of carbonyl (C=O) groups is 1. The van der Waals surface area contributed by atoms with Crippen LogP contribution in [0.4, 0.5) is 14.6 Å². The van der Waals surface area contributed by atoms with Crippen molar-refractivity contribution in [2.75, 3.05) is 18.4 Å². The van der Waals surface area contributed by atoms with E-state index in [0.29, 0.717) is 17.3 Å². The lowest BCUT2D eigenvalue weighted by Gasteiger charge is -2.33. The molecule has 0 spiro atoms. The van der Waals surface area contributed by atoms with Gasteiger partial charge in [0.15, 0.2) is 0 Å². The van der Waals surface area contributed by atoms with E-state index in [-0.39, 0.29) is 25.0 Å². The molecular formula is C23H24F2N6O. The molecule has 3 aromatic rings. The van der Waals surface area contributed by atoms with Crippen molar-refractivity contribution in [1.29, 1.82) is 0 Å². The van der Waals surface area contributed by atoms with Gasteiger partial charge >= 0.3 is 0 Å². The standard InChI is InChI=1S/C23H24F2N6O/c24-23(25)10-16(11-23)21(32)9-18-8-15-7-14(1-2-19(15)31-30-18)20-12-27-13-22(29-20)28-17-3-5-26-6-4-17/h1-2,7-8,12-13,16-17,26H,3-6,9-11H2,(H,28,29). The molecule has 0 radical (unpaired) electrons. The third-order valence-electron chi connectivity index (χ3n) is 6.16. The molecule has 0 amide bonds. The normalized spacial score (nSPS) is 18.9. The fourth-order valence-corrected chi connectivity index (χ4v) is 4.30. The summed E-state index contributed by atoms with van der Waals surface area (Å²) in [5.74, 6) is -2.75. The molecule has 32 heavy (non-hydrogen) atoms. The second-order valence-corrected chi connectivity index (χ2v) is 8.67. The van der Waals surface area contributed by atoms with Crippen LogP contribution in [0.1, 0.15) is 31.4 Å². The molecule has 2 fully saturated rings. The Morgan fingerprint density at radius 2 is 1.94 bits per heavy atom. The van der Waals surface area contributed by atoms with Crippen molar-refractivity contribution in [3.05, 3.63) is 42.4 Å². The first-order valence-electron chi connectivity index (χ1n) is 10.9. The molecule has 1 aliphatic carbocycles. The van der Waals surface area contributed by atoms with Crippen molar-refractivity contribution < 1.29 is 13.6 Å². The first kappa shape index (κ1) is 20.8. The van der Waals surface area contributed by atoms with Crippen LogP contribution in [0, 0.1) is 5.92 Å². The maximum absolute atomic E-state index is 13.1. The quantitative estimate of drug-likeness (QED) is 0.609. The molecule has 166 valence electrons. The highest BCUT2D eigenvalue weighted by Gasteiger charge is 2.48. The highest BCUT2D eigenvalue weighted by atomic mass is 19.3. The Kier molecular flexibility index (Phi) is 5.50. The number of Topliss-reactive ketones (excluding diaryl/α,β-unsaturated/α-hetero) is 1. The predicted octanol–water partition coefficient (Wildman–Crippen LogP) is 3.41. The van der Waals surface area contributed by atoms with Gasteiger partial charge in [-0.2, -0.15) is 10.2 Å². The second-order valence-electron chi connectivity index (χ2n) is 8.67. The van der Waals surface area contributed by atoms with Crippen LogP contribution < -0.4 is 10.6 Å². The largest absolute Gasteiger partial charge is 0.366 e. The zero-order chi connectivity index (χ0) is 22.1. The number of rotatable bonds is 6. The number of nitrogens with zero attached hydrogens (tertiary/aromatic N) is 4. The second kappa shape index (κ2) is 8.46. The summed E-state index contributed by atoms with van der Waals surface area (Å²) in [6, 6.07) is 7.88. The summed E-state index contributed by atoms with van der Waals surface area (Å²) in [6.07, 6.45) is 4.82. The Hall–Kier alpha value is -3.07. The smallest absolute Gasteiger partial charge is 0.249 e. The van der Waals surface area contributed by atoms with Crippen LogP contribution in [-0.4, -0.2) is 51.0 Å². The lowest BCUT2D eigenvalue weighted by molar-refractivity contribution is -0.147. The van der Waals surface area contributed by atoms with Gasteiger partial charge in [-0.25, -0.2) is 13.8 Å². The number of anilines is 1. The highest BCUT2D eigenvalue weighted by Crippen LogP contribution is 2.43. The molecule has 2 aromatic heterocycles. The van der Waals surface area contributed by atoms with Crippen molar-refractivity contribution in [2.45, 2.75) is 44.1 Å². The molecule has 1 saturated carbocycles. The van der Waals surface area contributed by atoms with E-state index in [1.165, 1.54) is 0 Å². The predicted molar refractivity (Wildman–Crippen MR) is 116 cm³/mol. The summed E-state index contributed by atoms with van der Waals surface area (Å²) >= 11 is 0. The molecule has 5 rings (SSSR count). The Morgan fingerprint density at radius 3 is 2.72 bits per heavy atom. The molecule has 1 aromatic carbocycles. The van der Waals surface area contributed by atoms with Crippen LogP contribution >= 0.6 is 0 Å². The van der Waals surface area contributed by atoms with Gasteiger partial charge in [-0.3, -0.25) is 9.78 Å². The van der Waals surface area contributed by atoms with Crippen molar-refractivity contribution in [1.82, 2.24) is 25.5 Å². The van der Waals surface area contributed by atoms with E-state index in [2.05, 4.69) is 25.8 Å². The number of carbonyl (C=O) groups excluding carboxylic acids is 1. The van der Waals surface area contributed by atoms with Gasteiger partial charge in [0, 0.05) is 35.8 Å². The van der Waals surface area contributed by atoms with E-state index < -0.39 is 11.8 Å². The maximum Gasteiger partial charge on any atom is 0.249 e. The average Bonchev–Trinajstić information content (AvgIpc) is 2.78. The minimum atomic E-state index is -2.71. The fraction of sp³-hybridized carbons (Fsp3) is 0.435. The van der Waals surface area contributed by atoms with Crippen LogP contribution in [-0.2, 0) is 11.2 Å². The zero-order valence-corrected chi connectivity index (χ0v) is 17.5. The zero-order valence-electron chi connectivity index (χ0n) is 17.5. The average molecular weight is 438 g/mol. The SMILES string of the molecule is O=C(Cc1cc2cc(-c3cncc(NC4CCNCC4)n3)ccc2nn1)C1CC(F)(F)C1. The van der Waals surface area contributed by atoms with Crippen LogP contribution in [0.5, 0.6) is 0 Å². The number of hydrogen-bond acceptors (Lipinski definition) is 7. The molecule has 1 aliphatic heterocycles. The van der Waals surface area contributed by atoms with Gasteiger partial charge in [0.05, 0.1) is 35.7 Å². The van der Waals surface area contributed by atoms with Crippen LogP contribution in [0.15, 0.2) is 36.7 Å². The van der Waals surface area contributed by atoms with Crippen molar-refractivity contribution in [2.24, 2.45) is 5.92 Å². The lowest BCUT2D eigenvalue weighted by Crippen LogP contribution is -2.40. The summed E-state index contributed by atoms with van der Waals surface area (Å²) in [6.45, 7) is 1.98. The van der Waals surface area contributed by atoms with Gasteiger partial charge in [-0.05, 0) is 44.1 Å². The number of aromatic nitrogens is 4. The molecule has 1 saturated heterocycles. The Labute approximate surface area is 184 Å². The lowest BCUT2D eigenvalue weighted by atomic mass is 9.77. The summed E-state index contributed by atoms with van der Waals surface area (Å²) in [5, 5.41) is 15.9. The topological polar surface area (TPSA) is 92.7 Å². The first-order valence-corrected chi connectivity index (χ1v) is 10.9. The van der Waals surface area contributed by atoms with E-state index in [1.54, 1.807) is 18.5 Å². The summed E-state index contributed by atoms with van der Waals surface area (Å²) < 4.78 is 26.1. The molecular weight excluding hydrogens is 414 g/mol. The van der Waals surface area contributed by atoms with Gasteiger partial charge in [-0.1, -0.05) is 6.07 Å². The number of nitrogens with one attached hydrogen (secondary N) is 2. The van der Waals surface area contributed by atoms with Crippen LogP contribution in [0.3, 0.4) is 0 Å². The summed E-state index contributed by atoms with van der Waals surface area (Å²) in [5.41, 5.74) is 2.79. The van der Waals surface area contributed by atoms with E-state index in [0.717, 1.165) is 48.4 Å².